The number of benzene rings is 1. The molecule has 26 heavy (non-hydrogen) atoms. The van der Waals surface area contributed by atoms with E-state index in [4.69, 9.17) is 4.74 Å². The zero-order chi connectivity index (χ0) is 19.1. The van der Waals surface area contributed by atoms with Crippen LogP contribution in [0.5, 0.6) is 0 Å². The SMILES string of the molecule is COC(=O)C1=C(C)N=C2CCCC(=O)C2C1c1cccc(C(F)(F)F)c1. The Balaban J connectivity index is 2.19. The second kappa shape index (κ2) is 6.70. The number of allylic oxidation sites excluding steroid dienone is 1. The van der Waals surface area contributed by atoms with Crippen LogP contribution in [0.25, 0.3) is 0 Å². The number of fused-ring (bicyclic) bond motifs is 1. The van der Waals surface area contributed by atoms with Gasteiger partial charge in [0.2, 0.25) is 0 Å². The zero-order valence-electron chi connectivity index (χ0n) is 14.4. The lowest BCUT2D eigenvalue weighted by molar-refractivity contribution is -0.137. The molecule has 1 aliphatic heterocycles. The van der Waals surface area contributed by atoms with Gasteiger partial charge in [0.05, 0.1) is 24.2 Å². The summed E-state index contributed by atoms with van der Waals surface area (Å²) in [7, 11) is 1.20. The van der Waals surface area contributed by atoms with E-state index in [-0.39, 0.29) is 16.9 Å². The van der Waals surface area contributed by atoms with E-state index in [1.807, 2.05) is 0 Å². The zero-order valence-corrected chi connectivity index (χ0v) is 14.4. The number of Topliss-reactive ketones (excluding diaryl/α,β-unsaturated/α-hetero) is 1. The van der Waals surface area contributed by atoms with Gasteiger partial charge < -0.3 is 4.74 Å². The third-order valence-electron chi connectivity index (χ3n) is 4.89. The van der Waals surface area contributed by atoms with Crippen molar-refractivity contribution in [2.45, 2.75) is 38.3 Å². The van der Waals surface area contributed by atoms with Crippen LogP contribution in [0.15, 0.2) is 40.5 Å². The van der Waals surface area contributed by atoms with Crippen molar-refractivity contribution in [1.29, 1.82) is 0 Å². The Bertz CT molecular complexity index is 824. The van der Waals surface area contributed by atoms with Crippen molar-refractivity contribution in [3.63, 3.8) is 0 Å². The molecule has 2 aliphatic rings. The van der Waals surface area contributed by atoms with Crippen molar-refractivity contribution >= 4 is 17.5 Å². The van der Waals surface area contributed by atoms with Gasteiger partial charge in [0, 0.05) is 23.7 Å². The molecule has 4 nitrogen and oxygen atoms in total. The fourth-order valence-electron chi connectivity index (χ4n) is 3.76. The Labute approximate surface area is 148 Å². The predicted molar refractivity (Wildman–Crippen MR) is 88.7 cm³/mol. The lowest BCUT2D eigenvalue weighted by atomic mass is 9.69. The van der Waals surface area contributed by atoms with E-state index < -0.39 is 29.5 Å². The first kappa shape index (κ1) is 18.4. The third-order valence-corrected chi connectivity index (χ3v) is 4.89. The molecule has 1 aliphatic carbocycles. The highest BCUT2D eigenvalue weighted by molar-refractivity contribution is 6.11. The Hall–Kier alpha value is -2.44. The van der Waals surface area contributed by atoms with Crippen LogP contribution in [0.2, 0.25) is 0 Å². The summed E-state index contributed by atoms with van der Waals surface area (Å²) in [5.74, 6) is -2.31. The molecule has 1 aromatic rings. The van der Waals surface area contributed by atoms with Crippen molar-refractivity contribution in [2.24, 2.45) is 10.9 Å². The number of hydrogen-bond acceptors (Lipinski definition) is 4. The van der Waals surface area contributed by atoms with Crippen LogP contribution in [0.4, 0.5) is 13.2 Å². The van der Waals surface area contributed by atoms with Crippen LogP contribution in [0.1, 0.15) is 43.2 Å². The predicted octanol–water partition coefficient (Wildman–Crippen LogP) is 4.06. The van der Waals surface area contributed by atoms with Crippen molar-refractivity contribution in [3.8, 4) is 0 Å². The second-order valence-electron chi connectivity index (χ2n) is 6.49. The van der Waals surface area contributed by atoms with Gasteiger partial charge in [-0.1, -0.05) is 18.2 Å². The number of halogens is 3. The van der Waals surface area contributed by atoms with E-state index in [2.05, 4.69) is 4.99 Å². The van der Waals surface area contributed by atoms with Gasteiger partial charge in [-0.25, -0.2) is 4.79 Å². The molecule has 0 aromatic heterocycles. The van der Waals surface area contributed by atoms with Crippen molar-refractivity contribution < 1.29 is 27.5 Å². The highest BCUT2D eigenvalue weighted by Gasteiger charge is 2.44. The number of ether oxygens (including phenoxy) is 1. The average molecular weight is 365 g/mol. The lowest BCUT2D eigenvalue weighted by Gasteiger charge is -2.35. The summed E-state index contributed by atoms with van der Waals surface area (Å²) in [6.07, 6.45) is -2.93. The number of esters is 1. The van der Waals surface area contributed by atoms with E-state index in [0.29, 0.717) is 30.7 Å². The van der Waals surface area contributed by atoms with Crippen LogP contribution in [0.3, 0.4) is 0 Å². The summed E-state index contributed by atoms with van der Waals surface area (Å²) >= 11 is 0. The molecule has 1 aromatic carbocycles. The minimum atomic E-state index is -4.51. The molecule has 2 atom stereocenters. The molecule has 0 amide bonds. The minimum Gasteiger partial charge on any atom is -0.466 e. The molecule has 0 N–H and O–H groups in total. The lowest BCUT2D eigenvalue weighted by Crippen LogP contribution is -2.39. The fraction of sp³-hybridized carbons (Fsp3) is 0.421. The van der Waals surface area contributed by atoms with E-state index in [1.165, 1.54) is 19.2 Å². The smallest absolute Gasteiger partial charge is 0.416 e. The molecule has 0 bridgehead atoms. The van der Waals surface area contributed by atoms with Crippen LogP contribution >= 0.6 is 0 Å². The Morgan fingerprint density at radius 2 is 1.96 bits per heavy atom. The first-order valence-corrected chi connectivity index (χ1v) is 8.30. The van der Waals surface area contributed by atoms with Crippen molar-refractivity contribution in [3.05, 3.63) is 46.7 Å². The normalized spacial score (nSPS) is 23.4. The molecule has 2 unspecified atom stereocenters. The molecule has 3 rings (SSSR count). The summed E-state index contributed by atoms with van der Waals surface area (Å²) in [6, 6.07) is 4.78. The van der Waals surface area contributed by atoms with E-state index in [1.54, 1.807) is 6.92 Å². The second-order valence-corrected chi connectivity index (χ2v) is 6.49. The third kappa shape index (κ3) is 3.18. The van der Waals surface area contributed by atoms with Crippen LogP contribution in [-0.2, 0) is 20.5 Å². The first-order valence-electron chi connectivity index (χ1n) is 8.30. The molecule has 1 heterocycles. The summed E-state index contributed by atoms with van der Waals surface area (Å²) < 4.78 is 44.3. The van der Waals surface area contributed by atoms with E-state index in [9.17, 15) is 22.8 Å². The van der Waals surface area contributed by atoms with Gasteiger partial charge in [-0.2, -0.15) is 13.2 Å². The maximum Gasteiger partial charge on any atom is 0.416 e. The van der Waals surface area contributed by atoms with Gasteiger partial charge in [0.25, 0.3) is 0 Å². The maximum absolute atomic E-state index is 13.1. The number of nitrogens with zero attached hydrogens (tertiary/aromatic N) is 1. The molecule has 138 valence electrons. The summed E-state index contributed by atoms with van der Waals surface area (Å²) in [5.41, 5.74) is 0.626. The number of rotatable bonds is 2. The summed E-state index contributed by atoms with van der Waals surface area (Å²) in [4.78, 5) is 29.3. The number of aliphatic imine (C=N–C) groups is 1. The molecular weight excluding hydrogens is 347 g/mol. The number of carbonyl (C=O) groups excluding carboxylic acids is 2. The van der Waals surface area contributed by atoms with Crippen molar-refractivity contribution in [2.75, 3.05) is 7.11 Å². The summed E-state index contributed by atoms with van der Waals surface area (Å²) in [6.45, 7) is 1.62. The molecule has 0 saturated heterocycles. The topological polar surface area (TPSA) is 55.7 Å². The van der Waals surface area contributed by atoms with Gasteiger partial charge >= 0.3 is 12.1 Å². The number of carbonyl (C=O) groups is 2. The minimum absolute atomic E-state index is 0.105. The van der Waals surface area contributed by atoms with Gasteiger partial charge in [-0.15, -0.1) is 0 Å². The average Bonchev–Trinajstić information content (AvgIpc) is 2.59. The molecule has 1 fully saturated rings. The number of alkyl halides is 3. The van der Waals surface area contributed by atoms with Gasteiger partial charge in [0.15, 0.2) is 0 Å². The van der Waals surface area contributed by atoms with Crippen molar-refractivity contribution in [1.82, 2.24) is 0 Å². The molecular formula is C19H18F3NO3. The number of ketones is 1. The summed E-state index contributed by atoms with van der Waals surface area (Å²) in [5, 5.41) is 0. The van der Waals surface area contributed by atoms with E-state index in [0.717, 1.165) is 12.1 Å². The Morgan fingerprint density at radius 3 is 2.62 bits per heavy atom. The highest BCUT2D eigenvalue weighted by Crippen LogP contribution is 2.44. The largest absolute Gasteiger partial charge is 0.466 e. The van der Waals surface area contributed by atoms with Crippen LogP contribution in [-0.4, -0.2) is 24.6 Å². The quantitative estimate of drug-likeness (QED) is 0.743. The Kier molecular flexibility index (Phi) is 4.73. The monoisotopic (exact) mass is 365 g/mol. The van der Waals surface area contributed by atoms with E-state index >= 15 is 0 Å². The van der Waals surface area contributed by atoms with Gasteiger partial charge in [-0.3, -0.25) is 9.79 Å². The van der Waals surface area contributed by atoms with Gasteiger partial charge in [0.1, 0.15) is 5.78 Å². The highest BCUT2D eigenvalue weighted by atomic mass is 19.4. The molecule has 0 radical (unpaired) electrons. The number of hydrogen-bond donors (Lipinski definition) is 0. The molecule has 7 heteroatoms. The maximum atomic E-state index is 13.1. The molecule has 1 saturated carbocycles. The van der Waals surface area contributed by atoms with Crippen LogP contribution < -0.4 is 0 Å². The fourth-order valence-corrected chi connectivity index (χ4v) is 3.76. The Morgan fingerprint density at radius 1 is 1.23 bits per heavy atom. The standard InChI is InChI=1S/C19H18F3NO3/c1-10-15(18(25)26-2)16(17-13(23-10)7-4-8-14(17)24)11-5-3-6-12(9-11)19(20,21)22/h3,5-6,9,16-17H,4,7-8H2,1-2H3. The number of methoxy groups -OCH3 is 1. The molecule has 0 spiro atoms. The van der Waals surface area contributed by atoms with Gasteiger partial charge in [-0.05, 0) is 31.4 Å². The van der Waals surface area contributed by atoms with Crippen LogP contribution in [0, 0.1) is 5.92 Å². The first-order chi connectivity index (χ1) is 12.2.